The Morgan fingerprint density at radius 1 is 1.08 bits per heavy atom. The van der Waals surface area contributed by atoms with Crippen molar-refractivity contribution in [2.75, 3.05) is 11.9 Å². The van der Waals surface area contributed by atoms with Gasteiger partial charge < -0.3 is 10.2 Å². The average molecular weight is 339 g/mol. The Morgan fingerprint density at radius 3 is 2.40 bits per heavy atom. The molecule has 1 fully saturated rings. The number of nitrogens with zero attached hydrogens (tertiary/aromatic N) is 2. The molecule has 2 aromatic carbocycles. The molecule has 128 valence electrons. The number of hydrogen-bond acceptors (Lipinski definition) is 4. The number of nitro groups is 1. The molecule has 0 spiro atoms. The summed E-state index contributed by atoms with van der Waals surface area (Å²) in [5.41, 5.74) is 0.948. The van der Waals surface area contributed by atoms with Crippen molar-refractivity contribution >= 4 is 23.2 Å². The van der Waals surface area contributed by atoms with Crippen LogP contribution in [0.3, 0.4) is 0 Å². The first kappa shape index (κ1) is 16.6. The highest BCUT2D eigenvalue weighted by molar-refractivity contribution is 6.01. The summed E-state index contributed by atoms with van der Waals surface area (Å²) in [5.74, 6) is -0.514. The summed E-state index contributed by atoms with van der Waals surface area (Å²) in [6.07, 6.45) is 1.34. The highest BCUT2D eigenvalue weighted by Crippen LogP contribution is 2.22. The van der Waals surface area contributed by atoms with Gasteiger partial charge in [0, 0.05) is 29.9 Å². The number of non-ortho nitro benzene ring substituents is 1. The van der Waals surface area contributed by atoms with Crippen LogP contribution in [0.2, 0.25) is 0 Å². The van der Waals surface area contributed by atoms with Crippen LogP contribution in [0.5, 0.6) is 0 Å². The van der Waals surface area contributed by atoms with Gasteiger partial charge in [-0.3, -0.25) is 19.7 Å². The molecule has 0 bridgehead atoms. The van der Waals surface area contributed by atoms with E-state index in [-0.39, 0.29) is 17.5 Å². The number of anilines is 1. The molecule has 2 amide bonds. The monoisotopic (exact) mass is 339 g/mol. The van der Waals surface area contributed by atoms with Crippen molar-refractivity contribution in [3.63, 3.8) is 0 Å². The standard InChI is InChI=1S/C18H17N3O4/c22-17(19-14-5-2-1-3-6-14)16-7-4-12-20(16)18(23)13-8-10-15(11-9-13)21(24)25/h1-3,5-6,8-11,16H,4,7,12H2,(H,19,22)/t16-/m0/s1. The lowest BCUT2D eigenvalue weighted by molar-refractivity contribution is -0.384. The summed E-state index contributed by atoms with van der Waals surface area (Å²) in [6, 6.07) is 14.0. The minimum atomic E-state index is -0.539. The Morgan fingerprint density at radius 2 is 1.76 bits per heavy atom. The number of rotatable bonds is 4. The Kier molecular flexibility index (Phi) is 4.74. The zero-order chi connectivity index (χ0) is 17.8. The molecular formula is C18H17N3O4. The molecule has 1 aliphatic heterocycles. The summed E-state index contributed by atoms with van der Waals surface area (Å²) < 4.78 is 0. The molecule has 1 saturated heterocycles. The lowest BCUT2D eigenvalue weighted by atomic mass is 10.1. The van der Waals surface area contributed by atoms with Gasteiger partial charge in [-0.2, -0.15) is 0 Å². The highest BCUT2D eigenvalue weighted by atomic mass is 16.6. The van der Waals surface area contributed by atoms with Gasteiger partial charge in [-0.25, -0.2) is 0 Å². The van der Waals surface area contributed by atoms with Crippen LogP contribution in [0.4, 0.5) is 11.4 Å². The first-order valence-electron chi connectivity index (χ1n) is 7.97. The van der Waals surface area contributed by atoms with Crippen molar-refractivity contribution in [3.05, 3.63) is 70.3 Å². The number of carbonyl (C=O) groups excluding carboxylic acids is 2. The fraction of sp³-hybridized carbons (Fsp3) is 0.222. The molecule has 25 heavy (non-hydrogen) atoms. The van der Waals surface area contributed by atoms with Crippen molar-refractivity contribution in [2.45, 2.75) is 18.9 Å². The number of hydrogen-bond donors (Lipinski definition) is 1. The van der Waals surface area contributed by atoms with Crippen molar-refractivity contribution in [1.82, 2.24) is 4.90 Å². The van der Waals surface area contributed by atoms with E-state index in [0.29, 0.717) is 24.2 Å². The van der Waals surface area contributed by atoms with Crippen molar-refractivity contribution < 1.29 is 14.5 Å². The second-order valence-corrected chi connectivity index (χ2v) is 5.82. The Bertz CT molecular complexity index is 790. The maximum absolute atomic E-state index is 12.7. The molecule has 0 aromatic heterocycles. The van der Waals surface area contributed by atoms with E-state index >= 15 is 0 Å². The third-order valence-electron chi connectivity index (χ3n) is 4.18. The number of amides is 2. The Balaban J connectivity index is 1.73. The number of nitro benzene ring substituents is 1. The molecule has 7 nitrogen and oxygen atoms in total. The molecule has 7 heteroatoms. The zero-order valence-electron chi connectivity index (χ0n) is 13.4. The van der Waals surface area contributed by atoms with Crippen LogP contribution in [0, 0.1) is 10.1 Å². The maximum Gasteiger partial charge on any atom is 0.269 e. The van der Waals surface area contributed by atoms with E-state index in [1.165, 1.54) is 29.2 Å². The smallest absolute Gasteiger partial charge is 0.269 e. The second kappa shape index (κ2) is 7.12. The van der Waals surface area contributed by atoms with Crippen LogP contribution in [0.15, 0.2) is 54.6 Å². The molecule has 1 N–H and O–H groups in total. The van der Waals surface area contributed by atoms with E-state index in [4.69, 9.17) is 0 Å². The van der Waals surface area contributed by atoms with Crippen molar-refractivity contribution in [3.8, 4) is 0 Å². The summed E-state index contributed by atoms with van der Waals surface area (Å²) >= 11 is 0. The number of benzene rings is 2. The molecule has 2 aromatic rings. The van der Waals surface area contributed by atoms with E-state index < -0.39 is 11.0 Å². The molecule has 0 aliphatic carbocycles. The largest absolute Gasteiger partial charge is 0.327 e. The van der Waals surface area contributed by atoms with Gasteiger partial charge in [0.05, 0.1) is 4.92 Å². The molecule has 0 unspecified atom stereocenters. The van der Waals surface area contributed by atoms with Crippen LogP contribution in [0.25, 0.3) is 0 Å². The predicted octanol–water partition coefficient (Wildman–Crippen LogP) is 2.84. The first-order chi connectivity index (χ1) is 12.1. The van der Waals surface area contributed by atoms with E-state index in [0.717, 1.165) is 6.42 Å². The molecule has 3 rings (SSSR count). The van der Waals surface area contributed by atoms with E-state index in [1.54, 1.807) is 12.1 Å². The fourth-order valence-corrected chi connectivity index (χ4v) is 2.92. The Labute approximate surface area is 144 Å². The second-order valence-electron chi connectivity index (χ2n) is 5.82. The normalized spacial score (nSPS) is 16.5. The minimum absolute atomic E-state index is 0.0728. The fourth-order valence-electron chi connectivity index (χ4n) is 2.92. The molecule has 0 radical (unpaired) electrons. The number of likely N-dealkylation sites (tertiary alicyclic amines) is 1. The van der Waals surface area contributed by atoms with Crippen LogP contribution in [0.1, 0.15) is 23.2 Å². The Hall–Kier alpha value is -3.22. The zero-order valence-corrected chi connectivity index (χ0v) is 13.4. The van der Waals surface area contributed by atoms with Gasteiger partial charge >= 0.3 is 0 Å². The molecular weight excluding hydrogens is 322 g/mol. The predicted molar refractivity (Wildman–Crippen MR) is 92.2 cm³/mol. The third kappa shape index (κ3) is 3.65. The summed E-state index contributed by atoms with van der Waals surface area (Å²) in [6.45, 7) is 0.489. The molecule has 1 aliphatic rings. The van der Waals surface area contributed by atoms with Gasteiger partial charge in [0.1, 0.15) is 6.04 Å². The lowest BCUT2D eigenvalue weighted by Crippen LogP contribution is -2.43. The summed E-state index contributed by atoms with van der Waals surface area (Å²) in [5, 5.41) is 13.5. The van der Waals surface area contributed by atoms with Crippen LogP contribution in [-0.4, -0.2) is 34.2 Å². The van der Waals surface area contributed by atoms with Crippen LogP contribution in [-0.2, 0) is 4.79 Å². The average Bonchev–Trinajstić information content (AvgIpc) is 3.12. The van der Waals surface area contributed by atoms with E-state index in [1.807, 2.05) is 18.2 Å². The lowest BCUT2D eigenvalue weighted by Gasteiger charge is -2.24. The van der Waals surface area contributed by atoms with Crippen LogP contribution >= 0.6 is 0 Å². The highest BCUT2D eigenvalue weighted by Gasteiger charge is 2.34. The van der Waals surface area contributed by atoms with E-state index in [9.17, 15) is 19.7 Å². The van der Waals surface area contributed by atoms with Gasteiger partial charge in [0.15, 0.2) is 0 Å². The third-order valence-corrected chi connectivity index (χ3v) is 4.18. The molecule has 1 heterocycles. The van der Waals surface area contributed by atoms with Crippen molar-refractivity contribution in [1.29, 1.82) is 0 Å². The van der Waals surface area contributed by atoms with Gasteiger partial charge in [0.25, 0.3) is 11.6 Å². The SMILES string of the molecule is O=C(Nc1ccccc1)[C@@H]1CCCN1C(=O)c1ccc([N+](=O)[O-])cc1. The summed E-state index contributed by atoms with van der Waals surface area (Å²) in [4.78, 5) is 36.9. The quantitative estimate of drug-likeness (QED) is 0.685. The van der Waals surface area contributed by atoms with Gasteiger partial charge in [-0.05, 0) is 37.1 Å². The van der Waals surface area contributed by atoms with Crippen LogP contribution < -0.4 is 5.32 Å². The van der Waals surface area contributed by atoms with Crippen molar-refractivity contribution in [2.24, 2.45) is 0 Å². The molecule has 1 atom stereocenters. The number of nitrogens with one attached hydrogen (secondary N) is 1. The topological polar surface area (TPSA) is 92.6 Å². The maximum atomic E-state index is 12.7. The number of para-hydroxylation sites is 1. The molecule has 0 saturated carbocycles. The van der Waals surface area contributed by atoms with Gasteiger partial charge in [0.2, 0.25) is 5.91 Å². The first-order valence-corrected chi connectivity index (χ1v) is 7.97. The summed E-state index contributed by atoms with van der Waals surface area (Å²) in [7, 11) is 0. The van der Waals surface area contributed by atoms with Gasteiger partial charge in [-0.1, -0.05) is 18.2 Å². The van der Waals surface area contributed by atoms with E-state index in [2.05, 4.69) is 5.32 Å². The number of carbonyl (C=O) groups is 2. The minimum Gasteiger partial charge on any atom is -0.327 e. The van der Waals surface area contributed by atoms with Gasteiger partial charge in [-0.15, -0.1) is 0 Å².